The molecular formula is C8H16N2O4. The molecule has 0 saturated carbocycles. The van der Waals surface area contributed by atoms with Gasteiger partial charge < -0.3 is 21.3 Å². The average Bonchev–Trinajstić information content (AvgIpc) is 2.15. The lowest BCUT2D eigenvalue weighted by atomic mass is 10.0. The molecule has 0 radical (unpaired) electrons. The van der Waals surface area contributed by atoms with Crippen LogP contribution in [0.3, 0.4) is 0 Å². The van der Waals surface area contributed by atoms with Crippen LogP contribution in [0, 0.1) is 0 Å². The monoisotopic (exact) mass is 205 g/mol. The summed E-state index contributed by atoms with van der Waals surface area (Å²) in [6, 6.07) is 0. The number of rotatable bonds is 3. The summed E-state index contributed by atoms with van der Waals surface area (Å²) in [4.78, 5) is 22.1. The maximum atomic E-state index is 11.4. The van der Waals surface area contributed by atoms with Crippen molar-refractivity contribution in [3.8, 4) is 0 Å². The molecule has 82 valence electrons. The fraction of sp³-hybridized carbons (Fsp3) is 0.750. The van der Waals surface area contributed by atoms with Gasteiger partial charge in [0.1, 0.15) is 5.60 Å². The van der Waals surface area contributed by atoms with Crippen LogP contribution in [-0.4, -0.2) is 34.7 Å². The fourth-order valence-electron chi connectivity index (χ4n) is 0.600. The van der Waals surface area contributed by atoms with E-state index in [2.05, 4.69) is 0 Å². The van der Waals surface area contributed by atoms with Crippen molar-refractivity contribution < 1.29 is 20.8 Å². The Kier molecular flexibility index (Phi) is 3.07. The quantitative estimate of drug-likeness (QED) is 0.405. The Hall–Kier alpha value is -1.14. The predicted octanol–water partition coefficient (Wildman–Crippen LogP) is -0.931. The number of ether oxygens (including phenoxy) is 1. The highest BCUT2D eigenvalue weighted by molar-refractivity contribution is 6.04. The second-order valence-corrected chi connectivity index (χ2v) is 3.63. The van der Waals surface area contributed by atoms with Crippen LogP contribution >= 0.6 is 0 Å². The molecule has 0 bridgehead atoms. The number of carboxylic acid groups (broad SMARTS) is 1. The average molecular weight is 205 g/mol. The molecule has 5 N–H and O–H groups in total. The smallest absolute Gasteiger partial charge is 0.339 e. The Bertz CT molecular complexity index is 269. The van der Waals surface area contributed by atoms with Crippen molar-refractivity contribution in [1.82, 2.24) is 0 Å². The lowest BCUT2D eigenvalue weighted by Gasteiger charge is -2.26. The third kappa shape index (κ3) is 2.97. The van der Waals surface area contributed by atoms with Crippen molar-refractivity contribution in [1.29, 1.82) is 0 Å². The highest BCUT2D eigenvalue weighted by Gasteiger charge is 2.44. The van der Waals surface area contributed by atoms with E-state index >= 15 is 0 Å². The van der Waals surface area contributed by atoms with E-state index in [1.807, 2.05) is 0 Å². The molecule has 0 aromatic rings. The molecule has 6 nitrogen and oxygen atoms in total. The summed E-state index contributed by atoms with van der Waals surface area (Å²) in [5, 5.41) is 8.72. The number of aliphatic carboxylic acids is 1. The van der Waals surface area contributed by atoms with Gasteiger partial charge in [-0.3, -0.25) is 0 Å². The second kappa shape index (κ2) is 3.93. The van der Waals surface area contributed by atoms with Gasteiger partial charge in [0.25, 0.3) is 0 Å². The van der Waals surface area contributed by atoms with Crippen LogP contribution < -0.4 is 11.5 Å². The molecule has 0 rings (SSSR count). The van der Waals surface area contributed by atoms with E-state index in [-0.39, 0.29) is 6.90 Å². The zero-order valence-electron chi connectivity index (χ0n) is 9.24. The van der Waals surface area contributed by atoms with Gasteiger partial charge in [0.15, 0.2) is 0 Å². The number of esters is 1. The van der Waals surface area contributed by atoms with E-state index in [1.54, 1.807) is 0 Å². The summed E-state index contributed by atoms with van der Waals surface area (Å²) in [6.45, 7) is 2.21. The van der Waals surface area contributed by atoms with Gasteiger partial charge in [0.2, 0.25) is 5.54 Å². The van der Waals surface area contributed by atoms with Gasteiger partial charge in [-0.05, 0) is 20.7 Å². The van der Waals surface area contributed by atoms with Crippen molar-refractivity contribution in [2.24, 2.45) is 11.5 Å². The van der Waals surface area contributed by atoms with Crippen LogP contribution in [0.2, 0.25) is 0 Å². The molecule has 0 aromatic carbocycles. The largest absolute Gasteiger partial charge is 0.479 e. The third-order valence-electron chi connectivity index (χ3n) is 1.44. The minimum absolute atomic E-state index is 0.195. The summed E-state index contributed by atoms with van der Waals surface area (Å²) in [5.41, 5.74) is 7.08. The molecule has 0 aliphatic rings. The second-order valence-electron chi connectivity index (χ2n) is 3.63. The van der Waals surface area contributed by atoms with E-state index < -0.39 is 29.6 Å². The first-order chi connectivity index (χ1) is 6.69. The van der Waals surface area contributed by atoms with Gasteiger partial charge >= 0.3 is 11.9 Å². The number of carboxylic acids is 1. The van der Waals surface area contributed by atoms with Gasteiger partial charge in [0.05, 0.1) is 0 Å². The van der Waals surface area contributed by atoms with Crippen molar-refractivity contribution in [3.05, 3.63) is 0 Å². The Morgan fingerprint density at radius 1 is 1.57 bits per heavy atom. The third-order valence-corrected chi connectivity index (χ3v) is 1.44. The summed E-state index contributed by atoms with van der Waals surface area (Å²) in [6.07, 6.45) is 0. The molecule has 0 fully saturated rings. The molecular weight excluding hydrogens is 188 g/mol. The van der Waals surface area contributed by atoms with Crippen LogP contribution in [0.4, 0.5) is 0 Å². The number of hydrogen-bond donors (Lipinski definition) is 3. The van der Waals surface area contributed by atoms with Crippen LogP contribution in [-0.2, 0) is 14.3 Å². The number of hydrogen-bond acceptors (Lipinski definition) is 5. The number of carbonyl (C=O) groups is 2. The molecule has 14 heavy (non-hydrogen) atoms. The molecule has 6 heteroatoms. The highest BCUT2D eigenvalue weighted by atomic mass is 16.6. The van der Waals surface area contributed by atoms with Gasteiger partial charge in [-0.25, -0.2) is 9.59 Å². The Balaban J connectivity index is 4.77. The Labute approximate surface area is 83.6 Å². The van der Waals surface area contributed by atoms with Crippen LogP contribution in [0.1, 0.15) is 22.1 Å². The molecule has 0 amide bonds. The molecule has 0 saturated heterocycles. The first kappa shape index (κ1) is 10.9. The van der Waals surface area contributed by atoms with Crippen LogP contribution in [0.5, 0.6) is 0 Å². The lowest BCUT2D eigenvalue weighted by molar-refractivity contribution is -0.168. The molecule has 0 aromatic heterocycles. The van der Waals surface area contributed by atoms with E-state index in [0.29, 0.717) is 0 Å². The molecule has 0 aliphatic carbocycles. The zero-order chi connectivity index (χ0) is 12.3. The van der Waals surface area contributed by atoms with Crippen molar-refractivity contribution >= 4 is 11.9 Å². The maximum Gasteiger partial charge on any atom is 0.339 e. The Morgan fingerprint density at radius 3 is 2.36 bits per heavy atom. The standard InChI is InChI=1S/C8H16N2O4/c1-7(2,3)14-6(13)8(10,4-9)5(11)12/h4,9-10H2,1-3H3,(H,11,12)/i1D. The van der Waals surface area contributed by atoms with Gasteiger partial charge in [-0.1, -0.05) is 0 Å². The van der Waals surface area contributed by atoms with Gasteiger partial charge in [-0.15, -0.1) is 0 Å². The summed E-state index contributed by atoms with van der Waals surface area (Å²) >= 11 is 0. The molecule has 1 unspecified atom stereocenters. The van der Waals surface area contributed by atoms with E-state index in [1.165, 1.54) is 13.8 Å². The summed E-state index contributed by atoms with van der Waals surface area (Å²) in [5.74, 6) is -2.68. The maximum absolute atomic E-state index is 11.4. The topological polar surface area (TPSA) is 116 Å². The first-order valence-electron chi connectivity index (χ1n) is 4.65. The molecule has 0 spiro atoms. The molecule has 0 aliphatic heterocycles. The first-order valence-corrected chi connectivity index (χ1v) is 3.94. The van der Waals surface area contributed by atoms with Crippen LogP contribution in [0.15, 0.2) is 0 Å². The molecule has 0 heterocycles. The Morgan fingerprint density at radius 2 is 2.07 bits per heavy atom. The highest BCUT2D eigenvalue weighted by Crippen LogP contribution is 2.12. The normalized spacial score (nSPS) is 16.7. The fourth-order valence-corrected chi connectivity index (χ4v) is 0.600. The van der Waals surface area contributed by atoms with Gasteiger partial charge in [0, 0.05) is 7.92 Å². The van der Waals surface area contributed by atoms with Gasteiger partial charge in [-0.2, -0.15) is 0 Å². The minimum Gasteiger partial charge on any atom is -0.479 e. The van der Waals surface area contributed by atoms with Crippen LogP contribution in [0.25, 0.3) is 0 Å². The lowest BCUT2D eigenvalue weighted by Crippen LogP contribution is -2.61. The summed E-state index contributed by atoms with van der Waals surface area (Å²) in [7, 11) is 0. The van der Waals surface area contributed by atoms with Crippen molar-refractivity contribution in [3.63, 3.8) is 0 Å². The number of nitrogens with two attached hydrogens (primary N) is 2. The van der Waals surface area contributed by atoms with Crippen molar-refractivity contribution in [2.75, 3.05) is 6.54 Å². The minimum atomic E-state index is -2.24. The molecule has 1 atom stereocenters. The van der Waals surface area contributed by atoms with Crippen molar-refractivity contribution in [2.45, 2.75) is 31.9 Å². The van der Waals surface area contributed by atoms with E-state index in [0.717, 1.165) is 0 Å². The van der Waals surface area contributed by atoms with E-state index in [9.17, 15) is 9.59 Å². The predicted molar refractivity (Wildman–Crippen MR) is 49.5 cm³/mol. The van der Waals surface area contributed by atoms with E-state index in [4.69, 9.17) is 22.7 Å². The zero-order valence-corrected chi connectivity index (χ0v) is 8.24. The SMILES string of the molecule is [2H]CC(C)(C)OC(=O)C(N)(CN)C(=O)O. The number of carbonyl (C=O) groups excluding carboxylic acids is 1. The summed E-state index contributed by atoms with van der Waals surface area (Å²) < 4.78 is 11.9.